The van der Waals surface area contributed by atoms with Gasteiger partial charge in [0.25, 0.3) is 0 Å². The van der Waals surface area contributed by atoms with Gasteiger partial charge in [-0.05, 0) is 37.5 Å². The molecule has 2 aromatic carbocycles. The van der Waals surface area contributed by atoms with Gasteiger partial charge in [0.15, 0.2) is 5.65 Å². The Hall–Kier alpha value is -3.65. The number of H-pyrrole nitrogens is 1. The van der Waals surface area contributed by atoms with Crippen molar-refractivity contribution in [3.05, 3.63) is 71.4 Å². The summed E-state index contributed by atoms with van der Waals surface area (Å²) in [6, 6.07) is 17.2. The summed E-state index contributed by atoms with van der Waals surface area (Å²) in [5.41, 5.74) is 3.57. The Morgan fingerprint density at radius 2 is 1.97 bits per heavy atom. The van der Waals surface area contributed by atoms with Gasteiger partial charge in [0.2, 0.25) is 0 Å². The first-order valence-electron chi connectivity index (χ1n) is 11.2. The summed E-state index contributed by atoms with van der Waals surface area (Å²) in [4.78, 5) is 23.9. The minimum atomic E-state index is -0.396. The number of amides is 1. The maximum absolute atomic E-state index is 12.3. The number of anilines is 1. The zero-order chi connectivity index (χ0) is 23.5. The van der Waals surface area contributed by atoms with Crippen LogP contribution in [0.1, 0.15) is 25.3 Å². The molecule has 0 radical (unpaired) electrons. The molecule has 4 aromatic rings. The van der Waals surface area contributed by atoms with Crippen molar-refractivity contribution in [2.75, 3.05) is 18.0 Å². The van der Waals surface area contributed by atoms with Gasteiger partial charge in [-0.2, -0.15) is 5.10 Å². The predicted octanol–water partition coefficient (Wildman–Crippen LogP) is 4.96. The third-order valence-electron chi connectivity index (χ3n) is 6.16. The molecule has 8 nitrogen and oxygen atoms in total. The first-order valence-corrected chi connectivity index (χ1v) is 11.6. The molecule has 1 aliphatic heterocycles. The second-order valence-electron chi connectivity index (χ2n) is 8.74. The molecular formula is C25H25ClN6O2. The van der Waals surface area contributed by atoms with Crippen molar-refractivity contribution in [2.45, 2.75) is 31.9 Å². The van der Waals surface area contributed by atoms with E-state index in [2.05, 4.69) is 32.3 Å². The van der Waals surface area contributed by atoms with E-state index in [1.54, 1.807) is 6.20 Å². The number of ether oxygens (including phenoxy) is 1. The van der Waals surface area contributed by atoms with Crippen LogP contribution in [0, 0.1) is 0 Å². The van der Waals surface area contributed by atoms with E-state index in [1.165, 1.54) is 0 Å². The molecule has 0 atom stereocenters. The first-order chi connectivity index (χ1) is 16.5. The minimum absolute atomic E-state index is 0.256. The number of nitrogens with zero attached hydrogens (tertiary/aromatic N) is 4. The van der Waals surface area contributed by atoms with Crippen LogP contribution in [0.2, 0.25) is 5.02 Å². The van der Waals surface area contributed by atoms with Gasteiger partial charge in [0, 0.05) is 29.2 Å². The Morgan fingerprint density at radius 1 is 1.18 bits per heavy atom. The summed E-state index contributed by atoms with van der Waals surface area (Å²) in [7, 11) is 0. The Kier molecular flexibility index (Phi) is 6.06. The highest BCUT2D eigenvalue weighted by molar-refractivity contribution is 6.30. The van der Waals surface area contributed by atoms with Gasteiger partial charge in [-0.25, -0.2) is 14.8 Å². The second kappa shape index (κ2) is 9.30. The molecule has 0 bridgehead atoms. The zero-order valence-electron chi connectivity index (χ0n) is 18.8. The van der Waals surface area contributed by atoms with Gasteiger partial charge in [-0.3, -0.25) is 5.10 Å². The number of alkyl carbamates (subject to hydrolysis) is 1. The first kappa shape index (κ1) is 22.2. The van der Waals surface area contributed by atoms with Crippen molar-refractivity contribution in [3.8, 4) is 11.3 Å². The summed E-state index contributed by atoms with van der Waals surface area (Å²) < 4.78 is 5.40. The molecule has 174 valence electrons. The Labute approximate surface area is 202 Å². The lowest BCUT2D eigenvalue weighted by atomic mass is 9.90. The third-order valence-corrected chi connectivity index (χ3v) is 6.40. The molecule has 1 aliphatic rings. The number of carbonyl (C=O) groups is 1. The van der Waals surface area contributed by atoms with Crippen molar-refractivity contribution in [1.82, 2.24) is 25.5 Å². The molecule has 0 saturated carbocycles. The smallest absolute Gasteiger partial charge is 0.407 e. The lowest BCUT2D eigenvalue weighted by molar-refractivity contribution is 0.123. The summed E-state index contributed by atoms with van der Waals surface area (Å²) in [6.07, 6.45) is 2.91. The van der Waals surface area contributed by atoms with Gasteiger partial charge in [-0.1, -0.05) is 54.1 Å². The van der Waals surface area contributed by atoms with Crippen molar-refractivity contribution >= 4 is 34.7 Å². The number of nitrogens with one attached hydrogen (secondary N) is 2. The van der Waals surface area contributed by atoms with Crippen LogP contribution < -0.4 is 10.2 Å². The van der Waals surface area contributed by atoms with Crippen molar-refractivity contribution in [3.63, 3.8) is 0 Å². The highest BCUT2D eigenvalue weighted by atomic mass is 35.5. The Balaban J connectivity index is 1.21. The number of hydrogen-bond donors (Lipinski definition) is 2. The minimum Gasteiger partial charge on any atom is -0.445 e. The predicted molar refractivity (Wildman–Crippen MR) is 132 cm³/mol. The van der Waals surface area contributed by atoms with Crippen LogP contribution >= 0.6 is 11.6 Å². The molecule has 2 N–H and O–H groups in total. The average Bonchev–Trinajstić information content (AvgIpc) is 3.27. The summed E-state index contributed by atoms with van der Waals surface area (Å²) >= 11 is 6.13. The second-order valence-corrected chi connectivity index (χ2v) is 9.18. The van der Waals surface area contributed by atoms with E-state index in [4.69, 9.17) is 21.3 Å². The molecule has 1 saturated heterocycles. The fourth-order valence-corrected chi connectivity index (χ4v) is 4.33. The van der Waals surface area contributed by atoms with Gasteiger partial charge >= 0.3 is 6.09 Å². The van der Waals surface area contributed by atoms with Gasteiger partial charge < -0.3 is 15.0 Å². The topological polar surface area (TPSA) is 96.0 Å². The number of piperidine rings is 1. The fourth-order valence-electron chi connectivity index (χ4n) is 4.14. The van der Waals surface area contributed by atoms with E-state index < -0.39 is 6.09 Å². The van der Waals surface area contributed by atoms with Crippen LogP contribution in [-0.4, -0.2) is 44.9 Å². The number of halogens is 1. The molecule has 34 heavy (non-hydrogen) atoms. The molecule has 5 rings (SSSR count). The van der Waals surface area contributed by atoms with E-state index in [1.807, 2.05) is 54.6 Å². The Morgan fingerprint density at radius 3 is 2.74 bits per heavy atom. The number of rotatable bonds is 5. The standard InChI is InChI=1S/C25H25ClN6O2/c1-25(29-24(33)34-16-17-6-3-2-4-7-17)10-12-32(13-11-25)20-15-27-22-21(30-31-23(22)28-20)18-8-5-9-19(26)14-18/h2-9,14-15H,10-13,16H2,1H3,(H,29,33)(H,28,30,31). The van der Waals surface area contributed by atoms with Gasteiger partial charge in [0.05, 0.1) is 6.20 Å². The molecule has 3 heterocycles. The van der Waals surface area contributed by atoms with Crippen LogP contribution in [0.5, 0.6) is 0 Å². The maximum atomic E-state index is 12.3. The number of aromatic nitrogens is 4. The fraction of sp³-hybridized carbons (Fsp3) is 0.280. The normalized spacial score (nSPS) is 15.3. The Bertz CT molecular complexity index is 1300. The lowest BCUT2D eigenvalue weighted by Crippen LogP contribution is -2.53. The largest absolute Gasteiger partial charge is 0.445 e. The monoisotopic (exact) mass is 476 g/mol. The molecule has 2 aromatic heterocycles. The van der Waals surface area contributed by atoms with Crippen LogP contribution in [0.25, 0.3) is 22.4 Å². The maximum Gasteiger partial charge on any atom is 0.407 e. The molecule has 0 spiro atoms. The molecular weight excluding hydrogens is 452 g/mol. The molecule has 9 heteroatoms. The molecule has 1 amide bonds. The molecule has 1 fully saturated rings. The zero-order valence-corrected chi connectivity index (χ0v) is 19.5. The number of fused-ring (bicyclic) bond motifs is 1. The summed E-state index contributed by atoms with van der Waals surface area (Å²) in [5, 5.41) is 11.1. The van der Waals surface area contributed by atoms with Crippen molar-refractivity contribution in [2.24, 2.45) is 0 Å². The van der Waals surface area contributed by atoms with Gasteiger partial charge in [0.1, 0.15) is 23.6 Å². The SMILES string of the molecule is CC1(NC(=O)OCc2ccccc2)CCN(c2cnc3c(-c4cccc(Cl)c4)n[nH]c3n2)CC1. The molecule has 0 unspecified atom stereocenters. The number of hydrogen-bond acceptors (Lipinski definition) is 6. The highest BCUT2D eigenvalue weighted by Gasteiger charge is 2.32. The van der Waals surface area contributed by atoms with E-state index in [0.717, 1.165) is 48.6 Å². The van der Waals surface area contributed by atoms with Crippen molar-refractivity contribution < 1.29 is 9.53 Å². The summed E-state index contributed by atoms with van der Waals surface area (Å²) in [6.45, 7) is 3.79. The van der Waals surface area contributed by atoms with E-state index in [0.29, 0.717) is 16.2 Å². The van der Waals surface area contributed by atoms with Gasteiger partial charge in [-0.15, -0.1) is 0 Å². The third kappa shape index (κ3) is 4.82. The number of aromatic amines is 1. The highest BCUT2D eigenvalue weighted by Crippen LogP contribution is 2.29. The van der Waals surface area contributed by atoms with Crippen LogP contribution in [0.4, 0.5) is 10.6 Å². The summed E-state index contributed by atoms with van der Waals surface area (Å²) in [5.74, 6) is 0.780. The van der Waals surface area contributed by atoms with E-state index >= 15 is 0 Å². The van der Waals surface area contributed by atoms with Crippen molar-refractivity contribution in [1.29, 1.82) is 0 Å². The van der Waals surface area contributed by atoms with Crippen LogP contribution in [0.3, 0.4) is 0 Å². The average molecular weight is 477 g/mol. The molecule has 0 aliphatic carbocycles. The quantitative estimate of drug-likeness (QED) is 0.422. The van der Waals surface area contributed by atoms with Crippen LogP contribution in [0.15, 0.2) is 60.8 Å². The number of benzene rings is 2. The van der Waals surface area contributed by atoms with E-state index in [9.17, 15) is 4.79 Å². The van der Waals surface area contributed by atoms with E-state index in [-0.39, 0.29) is 12.1 Å². The number of carbonyl (C=O) groups excluding carboxylic acids is 1. The lowest BCUT2D eigenvalue weighted by Gasteiger charge is -2.39. The van der Waals surface area contributed by atoms with Crippen LogP contribution in [-0.2, 0) is 11.3 Å².